The zero-order valence-electron chi connectivity index (χ0n) is 13.7. The Morgan fingerprint density at radius 3 is 2.45 bits per heavy atom. The molecule has 0 atom stereocenters. The van der Waals surface area contributed by atoms with Crippen LogP contribution in [0.25, 0.3) is 23.3 Å². The van der Waals surface area contributed by atoms with Gasteiger partial charge in [0.15, 0.2) is 0 Å². The lowest BCUT2D eigenvalue weighted by Gasteiger charge is -2.04. The van der Waals surface area contributed by atoms with Crippen molar-refractivity contribution in [2.24, 2.45) is 0 Å². The van der Waals surface area contributed by atoms with Gasteiger partial charge in [0.2, 0.25) is 0 Å². The Morgan fingerprint density at radius 1 is 0.955 bits per heavy atom. The van der Waals surface area contributed by atoms with Gasteiger partial charge < -0.3 is 4.42 Å². The number of rotatable bonds is 3. The summed E-state index contributed by atoms with van der Waals surface area (Å²) >= 11 is 0. The minimum atomic E-state index is 0.534. The highest BCUT2D eigenvalue weighted by Gasteiger charge is 2.14. The van der Waals surface area contributed by atoms with Crippen LogP contribution in [0.4, 0.5) is 0 Å². The molecule has 1 nitrogen and oxygen atoms in total. The molecule has 1 heteroatoms. The molecule has 1 aromatic heterocycles. The van der Waals surface area contributed by atoms with E-state index in [0.29, 0.717) is 5.92 Å². The first-order valence-electron chi connectivity index (χ1n) is 7.81. The van der Waals surface area contributed by atoms with Crippen LogP contribution in [0, 0.1) is 13.8 Å². The molecule has 2 aliphatic rings. The molecule has 0 bridgehead atoms. The van der Waals surface area contributed by atoms with Gasteiger partial charge in [-0.25, -0.2) is 0 Å². The maximum atomic E-state index is 5.39. The van der Waals surface area contributed by atoms with Gasteiger partial charge >= 0.3 is 0 Å². The second kappa shape index (κ2) is 5.84. The fourth-order valence-electron chi connectivity index (χ4n) is 2.93. The van der Waals surface area contributed by atoms with E-state index in [1.807, 2.05) is 18.2 Å². The summed E-state index contributed by atoms with van der Waals surface area (Å²) in [5, 5.41) is 0. The van der Waals surface area contributed by atoms with E-state index in [-0.39, 0.29) is 0 Å². The standard InChI is InChI=1S/C21H22O/c1-14(2)17-8-7-15(3)21-18(12-16(4)20(21)13-17)9-10-19-6-5-11-22-19/h5-14H,1-4H3/b10-9+. The van der Waals surface area contributed by atoms with E-state index in [1.165, 1.54) is 33.4 Å². The van der Waals surface area contributed by atoms with Crippen LogP contribution in [-0.4, -0.2) is 0 Å². The van der Waals surface area contributed by atoms with Gasteiger partial charge in [-0.15, -0.1) is 0 Å². The number of hydrogen-bond acceptors (Lipinski definition) is 1. The highest BCUT2D eigenvalue weighted by molar-refractivity contribution is 5.87. The van der Waals surface area contributed by atoms with Crippen LogP contribution >= 0.6 is 0 Å². The summed E-state index contributed by atoms with van der Waals surface area (Å²) in [5.41, 5.74) is 7.97. The third-order valence-corrected chi connectivity index (χ3v) is 4.22. The van der Waals surface area contributed by atoms with Crippen LogP contribution in [0.1, 0.15) is 47.8 Å². The van der Waals surface area contributed by atoms with Crippen molar-refractivity contribution in [1.82, 2.24) is 0 Å². The fraction of sp³-hybridized carbons (Fsp3) is 0.238. The Bertz CT molecular complexity index is 776. The summed E-state index contributed by atoms with van der Waals surface area (Å²) < 4.78 is 5.39. The van der Waals surface area contributed by atoms with E-state index in [0.717, 1.165) is 5.76 Å². The minimum absolute atomic E-state index is 0.534. The summed E-state index contributed by atoms with van der Waals surface area (Å²) in [6.07, 6.45) is 5.88. The van der Waals surface area contributed by atoms with Gasteiger partial charge in [0, 0.05) is 0 Å². The van der Waals surface area contributed by atoms with Crippen LogP contribution in [-0.2, 0) is 0 Å². The molecule has 0 amide bonds. The first kappa shape index (κ1) is 14.6. The third kappa shape index (κ3) is 2.71. The van der Waals surface area contributed by atoms with Crippen molar-refractivity contribution in [2.45, 2.75) is 33.6 Å². The molecule has 0 N–H and O–H groups in total. The van der Waals surface area contributed by atoms with Crippen molar-refractivity contribution in [3.8, 4) is 11.1 Å². The van der Waals surface area contributed by atoms with Crippen molar-refractivity contribution in [3.05, 3.63) is 70.7 Å². The third-order valence-electron chi connectivity index (χ3n) is 4.22. The molecule has 3 rings (SSSR count). The summed E-state index contributed by atoms with van der Waals surface area (Å²) in [6, 6.07) is 13.0. The average Bonchev–Trinajstić information content (AvgIpc) is 3.04. The fourth-order valence-corrected chi connectivity index (χ4v) is 2.93. The monoisotopic (exact) mass is 290 g/mol. The first-order valence-corrected chi connectivity index (χ1v) is 7.81. The van der Waals surface area contributed by atoms with Crippen LogP contribution in [0.2, 0.25) is 0 Å². The zero-order chi connectivity index (χ0) is 15.7. The smallest absolute Gasteiger partial charge is 0.126 e. The first-order chi connectivity index (χ1) is 10.6. The molecular weight excluding hydrogens is 268 g/mol. The van der Waals surface area contributed by atoms with Gasteiger partial charge in [0.25, 0.3) is 0 Å². The van der Waals surface area contributed by atoms with Crippen molar-refractivity contribution < 1.29 is 4.42 Å². The molecule has 22 heavy (non-hydrogen) atoms. The molecule has 0 spiro atoms. The molecular formula is C21H22O. The maximum absolute atomic E-state index is 5.39. The molecule has 112 valence electrons. The van der Waals surface area contributed by atoms with Crippen molar-refractivity contribution in [1.29, 1.82) is 0 Å². The second-order valence-electron chi connectivity index (χ2n) is 6.24. The molecule has 0 saturated heterocycles. The van der Waals surface area contributed by atoms with E-state index < -0.39 is 0 Å². The number of hydrogen-bond donors (Lipinski definition) is 0. The largest absolute Gasteiger partial charge is 0.465 e. The predicted octanol–water partition coefficient (Wildman–Crippen LogP) is 6.30. The Morgan fingerprint density at radius 2 is 1.77 bits per heavy atom. The highest BCUT2D eigenvalue weighted by atomic mass is 16.3. The maximum Gasteiger partial charge on any atom is 0.126 e. The highest BCUT2D eigenvalue weighted by Crippen LogP contribution is 2.37. The minimum Gasteiger partial charge on any atom is -0.465 e. The summed E-state index contributed by atoms with van der Waals surface area (Å²) in [7, 11) is 0. The lowest BCUT2D eigenvalue weighted by molar-refractivity contribution is 0.557. The van der Waals surface area contributed by atoms with E-state index in [4.69, 9.17) is 4.42 Å². The molecule has 0 saturated carbocycles. The number of fused-ring (bicyclic) bond motifs is 1. The van der Waals surface area contributed by atoms with Gasteiger partial charge in [0.05, 0.1) is 6.26 Å². The lowest BCUT2D eigenvalue weighted by atomic mass is 10.0. The molecule has 1 heterocycles. The van der Waals surface area contributed by atoms with Crippen molar-refractivity contribution in [3.63, 3.8) is 0 Å². The molecule has 0 fully saturated rings. The average molecular weight is 290 g/mol. The van der Waals surface area contributed by atoms with Gasteiger partial charge in [-0.2, -0.15) is 0 Å². The van der Waals surface area contributed by atoms with E-state index in [2.05, 4.69) is 58.0 Å². The van der Waals surface area contributed by atoms with Crippen molar-refractivity contribution >= 4 is 12.2 Å². The van der Waals surface area contributed by atoms with Crippen LogP contribution < -0.4 is 0 Å². The second-order valence-corrected chi connectivity index (χ2v) is 6.24. The lowest BCUT2D eigenvalue weighted by Crippen LogP contribution is -1.84. The van der Waals surface area contributed by atoms with Gasteiger partial charge in [0.1, 0.15) is 5.76 Å². The Hall–Kier alpha value is -2.28. The van der Waals surface area contributed by atoms with Crippen molar-refractivity contribution in [2.75, 3.05) is 0 Å². The molecule has 0 aliphatic heterocycles. The Balaban J connectivity index is 2.12. The Labute approximate surface area is 132 Å². The van der Waals surface area contributed by atoms with Gasteiger partial charge in [-0.3, -0.25) is 0 Å². The number of aryl methyl sites for hydroxylation is 2. The topological polar surface area (TPSA) is 13.1 Å². The van der Waals surface area contributed by atoms with Crippen LogP contribution in [0.15, 0.2) is 47.1 Å². The summed E-state index contributed by atoms with van der Waals surface area (Å²) in [6.45, 7) is 8.87. The molecule has 1 aromatic rings. The van der Waals surface area contributed by atoms with E-state index in [1.54, 1.807) is 6.26 Å². The SMILES string of the molecule is Cc1cc(/C=C/c2ccco2)c2c(C)ccc(C(C)C)cc1-2. The molecule has 0 radical (unpaired) electrons. The van der Waals surface area contributed by atoms with Gasteiger partial charge in [-0.05, 0) is 71.4 Å². The zero-order valence-corrected chi connectivity index (χ0v) is 13.7. The summed E-state index contributed by atoms with van der Waals surface area (Å²) in [4.78, 5) is 0. The molecule has 0 unspecified atom stereocenters. The quantitative estimate of drug-likeness (QED) is 0.552. The van der Waals surface area contributed by atoms with Crippen LogP contribution in [0.5, 0.6) is 0 Å². The predicted molar refractivity (Wildman–Crippen MR) is 94.3 cm³/mol. The summed E-state index contributed by atoms with van der Waals surface area (Å²) in [5.74, 6) is 1.42. The molecule has 2 aliphatic carbocycles. The molecule has 0 aromatic carbocycles. The Kier molecular flexibility index (Phi) is 3.89. The number of furan rings is 1. The van der Waals surface area contributed by atoms with Crippen LogP contribution in [0.3, 0.4) is 0 Å². The van der Waals surface area contributed by atoms with E-state index in [9.17, 15) is 0 Å². The van der Waals surface area contributed by atoms with Gasteiger partial charge in [-0.1, -0.05) is 44.2 Å². The van der Waals surface area contributed by atoms with E-state index >= 15 is 0 Å². The normalized spacial score (nSPS) is 11.9.